The maximum atomic E-state index is 11.5. The highest BCUT2D eigenvalue weighted by Crippen LogP contribution is 2.07. The molecule has 70 valence electrons. The Hall–Kier alpha value is -1.03. The second-order valence-corrected chi connectivity index (χ2v) is 3.50. The lowest BCUT2D eigenvalue weighted by atomic mass is 10.4. The van der Waals surface area contributed by atoms with Crippen molar-refractivity contribution in [3.8, 4) is 0 Å². The number of rotatable bonds is 2. The van der Waals surface area contributed by atoms with Gasteiger partial charge in [0.1, 0.15) is 0 Å². The molecule has 3 nitrogen and oxygen atoms in total. The first-order valence-corrected chi connectivity index (χ1v) is 4.71. The number of hydrogen-bond donors (Lipinski definition) is 1. The van der Waals surface area contributed by atoms with Crippen LogP contribution in [0.1, 0.15) is 6.92 Å². The first-order valence-electron chi connectivity index (χ1n) is 3.91. The Labute approximate surface area is 85.0 Å². The van der Waals surface area contributed by atoms with Crippen LogP contribution in [-0.2, 0) is 6.54 Å². The highest BCUT2D eigenvalue weighted by Gasteiger charge is 2.00. The number of halogens is 1. The fraction of sp³-hybridized carbons (Fsp3) is 0.222. The number of nitrogens with zero attached hydrogens (tertiary/aromatic N) is 1. The molecule has 0 saturated heterocycles. The molecule has 0 fully saturated rings. The van der Waals surface area contributed by atoms with Crippen molar-refractivity contribution in [1.29, 1.82) is 0 Å². The van der Waals surface area contributed by atoms with E-state index in [2.05, 4.69) is 15.9 Å². The van der Waals surface area contributed by atoms with E-state index in [9.17, 15) is 4.79 Å². The van der Waals surface area contributed by atoms with Gasteiger partial charge in [-0.15, -0.1) is 0 Å². The topological polar surface area (TPSA) is 48.0 Å². The molecular formula is C9H11BrN2O. The number of anilines is 1. The SMILES string of the molecule is C/C=C/Cn1cc(N)cc(Br)c1=O. The molecule has 0 amide bonds. The van der Waals surface area contributed by atoms with Crippen molar-refractivity contribution in [2.75, 3.05) is 5.73 Å². The van der Waals surface area contributed by atoms with Crippen LogP contribution in [0, 0.1) is 0 Å². The molecule has 0 unspecified atom stereocenters. The van der Waals surface area contributed by atoms with Gasteiger partial charge in [-0.3, -0.25) is 4.79 Å². The zero-order valence-electron chi connectivity index (χ0n) is 7.33. The zero-order valence-corrected chi connectivity index (χ0v) is 8.91. The monoisotopic (exact) mass is 242 g/mol. The van der Waals surface area contributed by atoms with Crippen molar-refractivity contribution in [3.05, 3.63) is 39.2 Å². The van der Waals surface area contributed by atoms with Gasteiger partial charge in [-0.25, -0.2) is 0 Å². The Bertz CT molecular complexity index is 382. The number of hydrogen-bond acceptors (Lipinski definition) is 2. The maximum absolute atomic E-state index is 11.5. The molecule has 0 aliphatic heterocycles. The van der Waals surface area contributed by atoms with Gasteiger partial charge in [-0.1, -0.05) is 12.2 Å². The van der Waals surface area contributed by atoms with Crippen LogP contribution in [0.3, 0.4) is 0 Å². The molecular weight excluding hydrogens is 232 g/mol. The van der Waals surface area contributed by atoms with E-state index < -0.39 is 0 Å². The van der Waals surface area contributed by atoms with Gasteiger partial charge in [-0.05, 0) is 28.9 Å². The van der Waals surface area contributed by atoms with Gasteiger partial charge in [-0.2, -0.15) is 0 Å². The maximum Gasteiger partial charge on any atom is 0.265 e. The third kappa shape index (κ3) is 2.45. The van der Waals surface area contributed by atoms with Crippen LogP contribution in [-0.4, -0.2) is 4.57 Å². The molecule has 1 aromatic rings. The summed E-state index contributed by atoms with van der Waals surface area (Å²) in [5.74, 6) is 0. The molecule has 1 aromatic heterocycles. The lowest BCUT2D eigenvalue weighted by Gasteiger charge is -2.03. The van der Waals surface area contributed by atoms with E-state index in [0.29, 0.717) is 16.7 Å². The van der Waals surface area contributed by atoms with Crippen LogP contribution in [0.4, 0.5) is 5.69 Å². The van der Waals surface area contributed by atoms with E-state index in [-0.39, 0.29) is 5.56 Å². The van der Waals surface area contributed by atoms with Crippen LogP contribution in [0.5, 0.6) is 0 Å². The van der Waals surface area contributed by atoms with E-state index in [4.69, 9.17) is 5.73 Å². The molecule has 0 saturated carbocycles. The zero-order chi connectivity index (χ0) is 9.84. The second-order valence-electron chi connectivity index (χ2n) is 2.65. The van der Waals surface area contributed by atoms with Crippen LogP contribution in [0.25, 0.3) is 0 Å². The normalized spacial score (nSPS) is 10.9. The number of nitrogen functional groups attached to an aromatic ring is 1. The summed E-state index contributed by atoms with van der Waals surface area (Å²) in [6.45, 7) is 2.46. The molecule has 0 atom stereocenters. The van der Waals surface area contributed by atoms with Crippen LogP contribution < -0.4 is 11.3 Å². The molecule has 0 aliphatic carbocycles. The third-order valence-electron chi connectivity index (χ3n) is 1.60. The van der Waals surface area contributed by atoms with E-state index >= 15 is 0 Å². The summed E-state index contributed by atoms with van der Waals surface area (Å²) in [5, 5.41) is 0. The molecule has 13 heavy (non-hydrogen) atoms. The smallest absolute Gasteiger partial charge is 0.265 e. The van der Waals surface area contributed by atoms with Gasteiger partial charge in [0.15, 0.2) is 0 Å². The van der Waals surface area contributed by atoms with E-state index in [1.165, 1.54) is 0 Å². The van der Waals surface area contributed by atoms with Crippen LogP contribution in [0.15, 0.2) is 33.7 Å². The largest absolute Gasteiger partial charge is 0.398 e. The molecule has 4 heteroatoms. The van der Waals surface area contributed by atoms with Crippen LogP contribution in [0.2, 0.25) is 0 Å². The van der Waals surface area contributed by atoms with Gasteiger partial charge in [0.2, 0.25) is 0 Å². The highest BCUT2D eigenvalue weighted by atomic mass is 79.9. The Balaban J connectivity index is 3.13. The Morgan fingerprint density at radius 3 is 3.00 bits per heavy atom. The van der Waals surface area contributed by atoms with Crippen molar-refractivity contribution < 1.29 is 0 Å². The fourth-order valence-electron chi connectivity index (χ4n) is 0.976. The van der Waals surface area contributed by atoms with E-state index in [1.807, 2.05) is 19.1 Å². The summed E-state index contributed by atoms with van der Waals surface area (Å²) in [6.07, 6.45) is 5.42. The number of allylic oxidation sites excluding steroid dienone is 2. The van der Waals surface area contributed by atoms with Gasteiger partial charge < -0.3 is 10.3 Å². The quantitative estimate of drug-likeness (QED) is 0.804. The second kappa shape index (κ2) is 4.28. The van der Waals surface area contributed by atoms with Crippen molar-refractivity contribution in [2.45, 2.75) is 13.5 Å². The van der Waals surface area contributed by atoms with Crippen molar-refractivity contribution in [3.63, 3.8) is 0 Å². The summed E-state index contributed by atoms with van der Waals surface area (Å²) >= 11 is 3.15. The van der Waals surface area contributed by atoms with Gasteiger partial charge in [0.05, 0.1) is 4.47 Å². The first-order chi connectivity index (χ1) is 6.15. The van der Waals surface area contributed by atoms with Gasteiger partial charge >= 0.3 is 0 Å². The van der Waals surface area contributed by atoms with Crippen molar-refractivity contribution in [1.82, 2.24) is 4.57 Å². The molecule has 1 rings (SSSR count). The molecule has 0 aliphatic rings. The molecule has 2 N–H and O–H groups in total. The van der Waals surface area contributed by atoms with Crippen molar-refractivity contribution >= 4 is 21.6 Å². The standard InChI is InChI=1S/C9H11BrN2O/c1-2-3-4-12-6-7(11)5-8(10)9(12)13/h2-3,5-6H,4,11H2,1H3/b3-2+. The molecule has 1 heterocycles. The lowest BCUT2D eigenvalue weighted by Crippen LogP contribution is -2.19. The van der Waals surface area contributed by atoms with Crippen molar-refractivity contribution in [2.24, 2.45) is 0 Å². The molecule has 0 radical (unpaired) electrons. The fourth-order valence-corrected chi connectivity index (χ4v) is 1.47. The molecule has 0 aromatic carbocycles. The molecule has 0 bridgehead atoms. The minimum atomic E-state index is -0.0627. The average Bonchev–Trinajstić information content (AvgIpc) is 2.09. The minimum absolute atomic E-state index is 0.0627. The summed E-state index contributed by atoms with van der Waals surface area (Å²) in [4.78, 5) is 11.5. The number of nitrogens with two attached hydrogens (primary N) is 1. The number of aromatic nitrogens is 1. The summed E-state index contributed by atoms with van der Waals surface area (Å²) in [7, 11) is 0. The first kappa shape index (κ1) is 10.1. The van der Waals surface area contributed by atoms with Crippen LogP contribution >= 0.6 is 15.9 Å². The number of pyridine rings is 1. The lowest BCUT2D eigenvalue weighted by molar-refractivity contribution is 0.775. The summed E-state index contributed by atoms with van der Waals surface area (Å²) in [6, 6.07) is 1.61. The Morgan fingerprint density at radius 2 is 2.38 bits per heavy atom. The minimum Gasteiger partial charge on any atom is -0.398 e. The average molecular weight is 243 g/mol. The highest BCUT2D eigenvalue weighted by molar-refractivity contribution is 9.10. The van der Waals surface area contributed by atoms with E-state index in [1.54, 1.807) is 16.8 Å². The Kier molecular flexibility index (Phi) is 3.31. The molecule has 0 spiro atoms. The predicted octanol–water partition coefficient (Wildman–Crippen LogP) is 1.77. The Morgan fingerprint density at radius 1 is 1.69 bits per heavy atom. The van der Waals surface area contributed by atoms with Gasteiger partial charge in [0, 0.05) is 18.4 Å². The van der Waals surface area contributed by atoms with Gasteiger partial charge in [0.25, 0.3) is 5.56 Å². The summed E-state index contributed by atoms with van der Waals surface area (Å²) in [5.41, 5.74) is 6.10. The van der Waals surface area contributed by atoms with E-state index in [0.717, 1.165) is 0 Å². The third-order valence-corrected chi connectivity index (χ3v) is 2.17. The summed E-state index contributed by atoms with van der Waals surface area (Å²) < 4.78 is 2.05. The predicted molar refractivity (Wildman–Crippen MR) is 57.6 cm³/mol.